The number of hydrogen-bond donors (Lipinski definition) is 1. The fraction of sp³-hybridized carbons (Fsp3) is 0.412. The minimum absolute atomic E-state index is 0.0702. The van der Waals surface area contributed by atoms with Crippen LogP contribution in [0.25, 0.3) is 10.8 Å². The molecule has 0 radical (unpaired) electrons. The minimum Gasteiger partial charge on any atom is -0.489 e. The highest BCUT2D eigenvalue weighted by Crippen LogP contribution is 2.46. The molecule has 2 nitrogen and oxygen atoms in total. The first-order valence-corrected chi connectivity index (χ1v) is 7.53. The third-order valence-electron chi connectivity index (χ3n) is 4.91. The van der Waals surface area contributed by atoms with E-state index in [1.54, 1.807) is 0 Å². The van der Waals surface area contributed by atoms with Crippen molar-refractivity contribution in [3.8, 4) is 5.75 Å². The van der Waals surface area contributed by atoms with Crippen LogP contribution < -0.4 is 10.5 Å². The van der Waals surface area contributed by atoms with Gasteiger partial charge in [0.15, 0.2) is 0 Å². The molecule has 3 atom stereocenters. The van der Waals surface area contributed by atoms with Gasteiger partial charge in [0.2, 0.25) is 0 Å². The van der Waals surface area contributed by atoms with E-state index in [9.17, 15) is 0 Å². The van der Waals surface area contributed by atoms with Crippen molar-refractivity contribution >= 4 is 22.4 Å². The van der Waals surface area contributed by atoms with Crippen LogP contribution in [0.5, 0.6) is 5.75 Å². The Hall–Kier alpha value is -1.25. The average molecular weight is 290 g/mol. The number of fused-ring (bicyclic) bond motifs is 1. The Morgan fingerprint density at radius 2 is 1.95 bits per heavy atom. The lowest BCUT2D eigenvalue weighted by Gasteiger charge is -2.51. The smallest absolute Gasteiger partial charge is 0.127 e. The van der Waals surface area contributed by atoms with Crippen molar-refractivity contribution in [3.05, 3.63) is 41.4 Å². The lowest BCUT2D eigenvalue weighted by Crippen LogP contribution is -2.61. The van der Waals surface area contributed by atoms with Crippen molar-refractivity contribution in [2.24, 2.45) is 11.1 Å². The second kappa shape index (κ2) is 4.94. The van der Waals surface area contributed by atoms with Crippen LogP contribution in [0.15, 0.2) is 36.4 Å². The van der Waals surface area contributed by atoms with Crippen LogP contribution in [0.1, 0.15) is 26.7 Å². The van der Waals surface area contributed by atoms with Gasteiger partial charge in [-0.05, 0) is 18.6 Å². The fourth-order valence-electron chi connectivity index (χ4n) is 3.01. The molecule has 3 rings (SSSR count). The van der Waals surface area contributed by atoms with Gasteiger partial charge in [0, 0.05) is 33.7 Å². The Bertz CT molecular complexity index is 642. The van der Waals surface area contributed by atoms with Crippen LogP contribution in [-0.2, 0) is 0 Å². The summed E-state index contributed by atoms with van der Waals surface area (Å²) in [5.74, 6) is 0.904. The number of nitrogens with two attached hydrogens (primary N) is 1. The summed E-state index contributed by atoms with van der Waals surface area (Å²) in [6, 6.07) is 12.2. The molecular weight excluding hydrogens is 270 g/mol. The summed E-state index contributed by atoms with van der Waals surface area (Å²) in [6.45, 7) is 4.39. The standard InChI is InChI=1S/C17H20ClNO/c1-3-17(2)15(19)10-16(17)20-14-9-8-13(18)11-6-4-5-7-12(11)14/h4-9,15-16H,3,10,19H2,1-2H3. The van der Waals surface area contributed by atoms with Crippen LogP contribution in [-0.4, -0.2) is 12.1 Å². The second-order valence-corrected chi connectivity index (χ2v) is 6.31. The third-order valence-corrected chi connectivity index (χ3v) is 5.24. The molecule has 20 heavy (non-hydrogen) atoms. The molecule has 1 aliphatic rings. The molecule has 3 unspecified atom stereocenters. The number of rotatable bonds is 3. The van der Waals surface area contributed by atoms with Gasteiger partial charge in [-0.2, -0.15) is 0 Å². The van der Waals surface area contributed by atoms with E-state index in [0.29, 0.717) is 0 Å². The lowest BCUT2D eigenvalue weighted by atomic mass is 9.62. The normalized spacial score (nSPS) is 29.2. The molecule has 0 aliphatic heterocycles. The fourth-order valence-corrected chi connectivity index (χ4v) is 3.24. The molecule has 2 aromatic carbocycles. The lowest BCUT2D eigenvalue weighted by molar-refractivity contribution is -0.0552. The summed E-state index contributed by atoms with van der Waals surface area (Å²) in [7, 11) is 0. The predicted molar refractivity (Wildman–Crippen MR) is 84.4 cm³/mol. The van der Waals surface area contributed by atoms with E-state index in [1.807, 2.05) is 30.3 Å². The first kappa shape index (κ1) is 13.7. The first-order valence-electron chi connectivity index (χ1n) is 7.15. The molecule has 0 aromatic heterocycles. The van der Waals surface area contributed by atoms with Gasteiger partial charge in [0.1, 0.15) is 11.9 Å². The molecule has 0 spiro atoms. The molecular formula is C17H20ClNO. The van der Waals surface area contributed by atoms with Crippen molar-refractivity contribution in [2.75, 3.05) is 0 Å². The third kappa shape index (κ3) is 1.99. The van der Waals surface area contributed by atoms with Crippen molar-refractivity contribution in [2.45, 2.75) is 38.8 Å². The highest BCUT2D eigenvalue weighted by atomic mass is 35.5. The molecule has 1 aliphatic carbocycles. The van der Waals surface area contributed by atoms with Crippen molar-refractivity contribution in [3.63, 3.8) is 0 Å². The van der Waals surface area contributed by atoms with Crippen LogP contribution in [0.4, 0.5) is 0 Å². The minimum atomic E-state index is 0.0702. The van der Waals surface area contributed by atoms with Crippen LogP contribution in [0.3, 0.4) is 0 Å². The maximum Gasteiger partial charge on any atom is 0.127 e. The van der Waals surface area contributed by atoms with Gasteiger partial charge in [-0.25, -0.2) is 0 Å². The predicted octanol–water partition coefficient (Wildman–Crippen LogP) is 4.39. The molecule has 1 fully saturated rings. The molecule has 3 heteroatoms. The number of benzene rings is 2. The van der Waals surface area contributed by atoms with Gasteiger partial charge in [0.05, 0.1) is 0 Å². The van der Waals surface area contributed by atoms with Gasteiger partial charge < -0.3 is 10.5 Å². The summed E-state index contributed by atoms with van der Waals surface area (Å²) >= 11 is 6.24. The van der Waals surface area contributed by atoms with E-state index in [2.05, 4.69) is 19.9 Å². The molecule has 2 N–H and O–H groups in total. The van der Waals surface area contributed by atoms with E-state index in [0.717, 1.165) is 34.4 Å². The maximum absolute atomic E-state index is 6.26. The summed E-state index contributed by atoms with van der Waals surface area (Å²) in [5, 5.41) is 2.86. The van der Waals surface area contributed by atoms with Crippen LogP contribution >= 0.6 is 11.6 Å². The zero-order valence-corrected chi connectivity index (χ0v) is 12.7. The molecule has 0 amide bonds. The van der Waals surface area contributed by atoms with Gasteiger partial charge in [-0.1, -0.05) is 49.7 Å². The van der Waals surface area contributed by atoms with Gasteiger partial charge >= 0.3 is 0 Å². The number of hydrogen-bond acceptors (Lipinski definition) is 2. The highest BCUT2D eigenvalue weighted by molar-refractivity contribution is 6.35. The van der Waals surface area contributed by atoms with Gasteiger partial charge in [-0.15, -0.1) is 0 Å². The maximum atomic E-state index is 6.26. The SMILES string of the molecule is CCC1(C)C(N)CC1Oc1ccc(Cl)c2ccccc12. The monoisotopic (exact) mass is 289 g/mol. The Kier molecular flexibility index (Phi) is 3.39. The van der Waals surface area contributed by atoms with E-state index < -0.39 is 0 Å². The summed E-state index contributed by atoms with van der Waals surface area (Å²) < 4.78 is 6.26. The Morgan fingerprint density at radius 3 is 2.60 bits per heavy atom. The zero-order valence-electron chi connectivity index (χ0n) is 11.9. The highest BCUT2D eigenvalue weighted by Gasteiger charge is 2.50. The zero-order chi connectivity index (χ0) is 14.3. The Balaban J connectivity index is 1.95. The molecule has 2 aromatic rings. The Labute approximate surface area is 124 Å². The molecule has 1 saturated carbocycles. The summed E-state index contributed by atoms with van der Waals surface area (Å²) in [6.07, 6.45) is 2.14. The van der Waals surface area contributed by atoms with Crippen molar-refractivity contribution < 1.29 is 4.74 Å². The van der Waals surface area contributed by atoms with Gasteiger partial charge in [0.25, 0.3) is 0 Å². The van der Waals surface area contributed by atoms with E-state index in [1.165, 1.54) is 0 Å². The van der Waals surface area contributed by atoms with Crippen molar-refractivity contribution in [1.82, 2.24) is 0 Å². The Morgan fingerprint density at radius 1 is 1.25 bits per heavy atom. The summed E-state index contributed by atoms with van der Waals surface area (Å²) in [4.78, 5) is 0. The first-order chi connectivity index (χ1) is 9.56. The van der Waals surface area contributed by atoms with E-state index in [-0.39, 0.29) is 17.6 Å². The van der Waals surface area contributed by atoms with Crippen LogP contribution in [0, 0.1) is 5.41 Å². The number of halogens is 1. The quantitative estimate of drug-likeness (QED) is 0.909. The second-order valence-electron chi connectivity index (χ2n) is 5.90. The van der Waals surface area contributed by atoms with Crippen LogP contribution in [0.2, 0.25) is 5.02 Å². The summed E-state index contributed by atoms with van der Waals surface area (Å²) in [5.41, 5.74) is 6.22. The molecule has 0 saturated heterocycles. The largest absolute Gasteiger partial charge is 0.489 e. The molecule has 0 bridgehead atoms. The van der Waals surface area contributed by atoms with E-state index in [4.69, 9.17) is 22.1 Å². The van der Waals surface area contributed by atoms with Gasteiger partial charge in [-0.3, -0.25) is 0 Å². The molecule has 0 heterocycles. The molecule has 106 valence electrons. The van der Waals surface area contributed by atoms with E-state index >= 15 is 0 Å². The van der Waals surface area contributed by atoms with Crippen molar-refractivity contribution in [1.29, 1.82) is 0 Å². The topological polar surface area (TPSA) is 35.2 Å². The number of ether oxygens (including phenoxy) is 1. The average Bonchev–Trinajstić information content (AvgIpc) is 2.48.